The van der Waals surface area contributed by atoms with E-state index >= 15 is 0 Å². The third kappa shape index (κ3) is 9.16. The van der Waals surface area contributed by atoms with Crippen LogP contribution in [0.3, 0.4) is 0 Å². The van der Waals surface area contributed by atoms with Crippen molar-refractivity contribution in [2.75, 3.05) is 27.3 Å². The van der Waals surface area contributed by atoms with Gasteiger partial charge in [-0.25, -0.2) is 37.1 Å². The van der Waals surface area contributed by atoms with Crippen LogP contribution >= 0.6 is 0 Å². The Balaban J connectivity index is 0.962. The average molecular weight is 879 g/mol. The molecule has 2 aliphatic rings. The van der Waals surface area contributed by atoms with E-state index in [4.69, 9.17) is 9.47 Å². The van der Waals surface area contributed by atoms with Crippen LogP contribution in [0, 0.1) is 0 Å². The number of H-pyrrole nitrogens is 2. The van der Waals surface area contributed by atoms with Gasteiger partial charge in [0.2, 0.25) is 0 Å². The van der Waals surface area contributed by atoms with Crippen molar-refractivity contribution in [1.29, 1.82) is 0 Å². The molecule has 2 aliphatic heterocycles. The number of halogens is 4. The SMILES string of the molecule is COC(=O)N[C@@H](C(=O)N1CC(F)(F)C[C@H]1c1ncc(-c2ccc(-c3ccc(-c4cnc([C@@H]5CC(F)(F)CN5C(=O)[C@H](NC(=O)OC)c5ccccc5)[nH]4)cc3)cc2)[nH]1)c1ccccc1. The number of hydrogen-bond donors (Lipinski definition) is 4. The molecule has 4 N–H and O–H groups in total. The van der Waals surface area contributed by atoms with E-state index in [2.05, 4.69) is 30.6 Å². The Bertz CT molecular complexity index is 2440. The number of alkyl carbamates (subject to hydrolysis) is 2. The second-order valence-electron chi connectivity index (χ2n) is 15.6. The van der Waals surface area contributed by atoms with E-state index in [0.717, 1.165) is 35.1 Å². The maximum absolute atomic E-state index is 15.0. The Hall–Kier alpha value is -7.50. The topological polar surface area (TPSA) is 175 Å². The molecule has 0 radical (unpaired) electrons. The van der Waals surface area contributed by atoms with Crippen LogP contribution in [0.5, 0.6) is 0 Å². The number of aromatic nitrogens is 4. The van der Waals surface area contributed by atoms with Crippen LogP contribution in [0.25, 0.3) is 33.6 Å². The molecule has 4 aromatic carbocycles. The molecule has 0 unspecified atom stereocenters. The van der Waals surface area contributed by atoms with Crippen molar-refractivity contribution < 1.29 is 46.2 Å². The number of amides is 4. The van der Waals surface area contributed by atoms with Gasteiger partial charge in [-0.05, 0) is 33.4 Å². The lowest BCUT2D eigenvalue weighted by atomic mass is 10.0. The fourth-order valence-corrected chi connectivity index (χ4v) is 8.13. The molecule has 14 nitrogen and oxygen atoms in total. The summed E-state index contributed by atoms with van der Waals surface area (Å²) >= 11 is 0. The molecule has 4 amide bonds. The molecular weight excluding hydrogens is 837 g/mol. The van der Waals surface area contributed by atoms with Crippen LogP contribution in [-0.4, -0.2) is 92.9 Å². The van der Waals surface area contributed by atoms with Crippen LogP contribution in [0.1, 0.15) is 59.8 Å². The summed E-state index contributed by atoms with van der Waals surface area (Å²) in [6.07, 6.45) is -0.0780. The number of carbonyl (C=O) groups excluding carboxylic acids is 4. The Labute approximate surface area is 364 Å². The number of rotatable bonds is 11. The van der Waals surface area contributed by atoms with Crippen LogP contribution in [0.2, 0.25) is 0 Å². The fourth-order valence-electron chi connectivity index (χ4n) is 8.13. The summed E-state index contributed by atoms with van der Waals surface area (Å²) in [7, 11) is 2.29. The van der Waals surface area contributed by atoms with Gasteiger partial charge in [0, 0.05) is 12.8 Å². The smallest absolute Gasteiger partial charge is 0.407 e. The van der Waals surface area contributed by atoms with E-state index in [1.165, 1.54) is 12.4 Å². The van der Waals surface area contributed by atoms with Crippen LogP contribution in [0.15, 0.2) is 122 Å². The third-order valence-electron chi connectivity index (χ3n) is 11.3. The highest BCUT2D eigenvalue weighted by atomic mass is 19.3. The molecule has 0 spiro atoms. The number of ether oxygens (including phenoxy) is 2. The van der Waals surface area contributed by atoms with Crippen molar-refractivity contribution in [2.45, 2.75) is 48.9 Å². The molecule has 330 valence electrons. The van der Waals surface area contributed by atoms with Crippen molar-refractivity contribution in [3.63, 3.8) is 0 Å². The minimum atomic E-state index is -3.20. The summed E-state index contributed by atoms with van der Waals surface area (Å²) in [5.41, 5.74) is 5.01. The molecule has 0 aliphatic carbocycles. The molecule has 0 bridgehead atoms. The largest absolute Gasteiger partial charge is 0.453 e. The lowest BCUT2D eigenvalue weighted by Crippen LogP contribution is -2.43. The summed E-state index contributed by atoms with van der Waals surface area (Å²) in [6, 6.07) is 26.7. The van der Waals surface area contributed by atoms with Crippen LogP contribution < -0.4 is 10.6 Å². The van der Waals surface area contributed by atoms with Gasteiger partial charge >= 0.3 is 12.2 Å². The first-order chi connectivity index (χ1) is 30.7. The normalized spacial score (nSPS) is 18.5. The van der Waals surface area contributed by atoms with Gasteiger partial charge in [-0.3, -0.25) is 9.59 Å². The zero-order valence-electron chi connectivity index (χ0n) is 34.4. The number of carbonyl (C=O) groups is 4. The van der Waals surface area contributed by atoms with Gasteiger partial charge in [0.1, 0.15) is 23.7 Å². The first-order valence-corrected chi connectivity index (χ1v) is 20.2. The average Bonchev–Trinajstić information content (AvgIpc) is 4.13. The van der Waals surface area contributed by atoms with Gasteiger partial charge < -0.3 is 39.9 Å². The molecule has 2 aromatic heterocycles. The molecule has 4 heterocycles. The van der Waals surface area contributed by atoms with E-state index in [0.29, 0.717) is 33.6 Å². The number of likely N-dealkylation sites (tertiary alicyclic amines) is 2. The minimum Gasteiger partial charge on any atom is -0.453 e. The maximum Gasteiger partial charge on any atom is 0.407 e. The highest BCUT2D eigenvalue weighted by molar-refractivity contribution is 5.88. The predicted molar refractivity (Wildman–Crippen MR) is 225 cm³/mol. The zero-order valence-corrected chi connectivity index (χ0v) is 34.4. The van der Waals surface area contributed by atoms with Gasteiger partial charge in [-0.2, -0.15) is 0 Å². The molecule has 4 atom stereocenters. The molecule has 8 rings (SSSR count). The quantitative estimate of drug-likeness (QED) is 0.0944. The van der Waals surface area contributed by atoms with Crippen molar-refractivity contribution in [1.82, 2.24) is 40.4 Å². The van der Waals surface area contributed by atoms with Crippen molar-refractivity contribution in [2.24, 2.45) is 0 Å². The number of hydrogen-bond acceptors (Lipinski definition) is 8. The number of benzene rings is 4. The number of alkyl halides is 4. The predicted octanol–water partition coefficient (Wildman–Crippen LogP) is 8.15. The fraction of sp³-hybridized carbons (Fsp3) is 0.261. The maximum atomic E-state index is 15.0. The summed E-state index contributed by atoms with van der Waals surface area (Å²) in [5.74, 6) is -7.55. The second-order valence-corrected chi connectivity index (χ2v) is 15.6. The number of nitrogens with zero attached hydrogens (tertiary/aromatic N) is 4. The number of aromatic amines is 2. The van der Waals surface area contributed by atoms with E-state index in [9.17, 15) is 36.7 Å². The third-order valence-corrected chi connectivity index (χ3v) is 11.3. The Morgan fingerprint density at radius 2 is 0.922 bits per heavy atom. The molecule has 2 fully saturated rings. The molecule has 2 saturated heterocycles. The Kier molecular flexibility index (Phi) is 11.9. The number of methoxy groups -OCH3 is 2. The van der Waals surface area contributed by atoms with Crippen LogP contribution in [0.4, 0.5) is 27.2 Å². The Morgan fingerprint density at radius 1 is 0.578 bits per heavy atom. The van der Waals surface area contributed by atoms with Crippen molar-refractivity contribution >= 4 is 24.0 Å². The molecule has 0 saturated carbocycles. The van der Waals surface area contributed by atoms with Gasteiger partial charge in [-0.15, -0.1) is 0 Å². The van der Waals surface area contributed by atoms with E-state index < -0.39 is 85.9 Å². The monoisotopic (exact) mass is 878 g/mol. The lowest BCUT2D eigenvalue weighted by Gasteiger charge is -2.28. The summed E-state index contributed by atoms with van der Waals surface area (Å²) in [5, 5.41) is 4.94. The molecule has 6 aromatic rings. The van der Waals surface area contributed by atoms with Crippen molar-refractivity contribution in [3.05, 3.63) is 144 Å². The summed E-state index contributed by atoms with van der Waals surface area (Å²) < 4.78 is 69.3. The van der Waals surface area contributed by atoms with Gasteiger partial charge in [-0.1, -0.05) is 109 Å². The standard InChI is InChI=1S/C46H42F4N8O6/c1-63-43(61)55-37(31-9-5-3-6-10-31)41(59)57-25-45(47,48)21-35(57)39-51-23-33(53-39)29-17-13-27(14-18-29)28-15-19-30(20-16-28)34-24-52-40(54-34)36-22-46(49,50)26-58(36)42(60)38(56-44(62)64-2)32-11-7-4-8-12-32/h3-20,23-24,35-38H,21-22,25-26H2,1-2H3,(H,51,53)(H,52,54)(H,55,61)(H,56,62)/t35-,36-,37+,38+/m0/s1. The highest BCUT2D eigenvalue weighted by Crippen LogP contribution is 2.43. The van der Waals surface area contributed by atoms with Crippen molar-refractivity contribution in [3.8, 4) is 33.6 Å². The number of nitrogens with one attached hydrogen (secondary N) is 4. The molecular formula is C46H42F4N8O6. The molecule has 64 heavy (non-hydrogen) atoms. The minimum absolute atomic E-state index is 0.167. The first-order valence-electron chi connectivity index (χ1n) is 20.2. The van der Waals surface area contributed by atoms with Gasteiger partial charge in [0.15, 0.2) is 0 Å². The summed E-state index contributed by atoms with van der Waals surface area (Å²) in [6.45, 7) is -1.72. The first kappa shape index (κ1) is 43.2. The summed E-state index contributed by atoms with van der Waals surface area (Å²) in [4.78, 5) is 69.2. The van der Waals surface area contributed by atoms with E-state index in [1.54, 1.807) is 60.7 Å². The van der Waals surface area contributed by atoms with Gasteiger partial charge in [0.25, 0.3) is 23.7 Å². The second kappa shape index (κ2) is 17.7. The van der Waals surface area contributed by atoms with Crippen LogP contribution in [-0.2, 0) is 19.1 Å². The molecule has 18 heteroatoms. The van der Waals surface area contributed by atoms with E-state index in [1.807, 2.05) is 48.5 Å². The van der Waals surface area contributed by atoms with E-state index in [-0.39, 0.29) is 11.6 Å². The van der Waals surface area contributed by atoms with Gasteiger partial charge in [0.05, 0.1) is 63.2 Å². The number of imidazole rings is 2. The Morgan fingerprint density at radius 3 is 1.27 bits per heavy atom. The highest BCUT2D eigenvalue weighted by Gasteiger charge is 2.51. The lowest BCUT2D eigenvalue weighted by molar-refractivity contribution is -0.136. The zero-order chi connectivity index (χ0) is 45.2.